The van der Waals surface area contributed by atoms with Gasteiger partial charge in [0, 0.05) is 17.0 Å². The molecule has 0 radical (unpaired) electrons. The molecule has 106 valence electrons. The molecule has 0 aliphatic rings. The lowest BCUT2D eigenvalue weighted by Gasteiger charge is -2.29. The van der Waals surface area contributed by atoms with Crippen LogP contribution in [-0.2, 0) is 0 Å². The summed E-state index contributed by atoms with van der Waals surface area (Å²) in [5.41, 5.74) is 1.35. The molecule has 0 aromatic heterocycles. The second kappa shape index (κ2) is 6.80. The van der Waals surface area contributed by atoms with E-state index in [1.54, 1.807) is 13.2 Å². The van der Waals surface area contributed by atoms with Gasteiger partial charge in [0.15, 0.2) is 0 Å². The van der Waals surface area contributed by atoms with E-state index < -0.39 is 0 Å². The fraction of sp³-hybridized carbons (Fsp3) is 0.533. The Morgan fingerprint density at radius 1 is 1.47 bits per heavy atom. The Labute approximate surface area is 120 Å². The summed E-state index contributed by atoms with van der Waals surface area (Å²) in [7, 11) is 1.60. The number of hydrogen-bond acceptors (Lipinski definition) is 2. The van der Waals surface area contributed by atoms with Crippen molar-refractivity contribution in [2.24, 2.45) is 0 Å². The van der Waals surface area contributed by atoms with Gasteiger partial charge in [0.1, 0.15) is 5.75 Å². The molecule has 0 fully saturated rings. The van der Waals surface area contributed by atoms with Gasteiger partial charge in [-0.3, -0.25) is 4.79 Å². The molecular formula is C15H22ClNO2. The fourth-order valence-electron chi connectivity index (χ4n) is 1.84. The van der Waals surface area contributed by atoms with Gasteiger partial charge in [-0.1, -0.05) is 13.0 Å². The van der Waals surface area contributed by atoms with Gasteiger partial charge in [0.25, 0.3) is 5.91 Å². The standard InChI is InChI=1S/C15H22ClNO2/c1-5-15(3,8-9-16)17-14(18)12-7-6-11(2)13(10-12)19-4/h6-7,10H,5,8-9H2,1-4H3,(H,17,18). The summed E-state index contributed by atoms with van der Waals surface area (Å²) < 4.78 is 5.24. The SMILES string of the molecule is CCC(C)(CCCl)NC(=O)c1ccc(C)c(OC)c1. The lowest BCUT2D eigenvalue weighted by molar-refractivity contribution is 0.0901. The summed E-state index contributed by atoms with van der Waals surface area (Å²) >= 11 is 5.79. The number of methoxy groups -OCH3 is 1. The molecule has 1 atom stereocenters. The highest BCUT2D eigenvalue weighted by Crippen LogP contribution is 2.21. The maximum atomic E-state index is 12.3. The lowest BCUT2D eigenvalue weighted by atomic mass is 9.95. The highest BCUT2D eigenvalue weighted by molar-refractivity contribution is 6.17. The van der Waals surface area contributed by atoms with Crippen molar-refractivity contribution >= 4 is 17.5 Å². The highest BCUT2D eigenvalue weighted by atomic mass is 35.5. The Kier molecular flexibility index (Phi) is 5.67. The first-order chi connectivity index (χ1) is 8.95. The van der Waals surface area contributed by atoms with E-state index in [1.807, 2.05) is 32.9 Å². The number of hydrogen-bond donors (Lipinski definition) is 1. The number of benzene rings is 1. The van der Waals surface area contributed by atoms with Gasteiger partial charge in [-0.15, -0.1) is 11.6 Å². The number of halogens is 1. The van der Waals surface area contributed by atoms with Crippen molar-refractivity contribution in [3.63, 3.8) is 0 Å². The molecule has 0 saturated heterocycles. The molecule has 0 spiro atoms. The zero-order valence-corrected chi connectivity index (χ0v) is 12.8. The first-order valence-electron chi connectivity index (χ1n) is 6.49. The van der Waals surface area contributed by atoms with Crippen molar-refractivity contribution in [1.82, 2.24) is 5.32 Å². The van der Waals surface area contributed by atoms with E-state index in [-0.39, 0.29) is 11.4 Å². The average molecular weight is 284 g/mol. The van der Waals surface area contributed by atoms with Crippen molar-refractivity contribution in [3.05, 3.63) is 29.3 Å². The van der Waals surface area contributed by atoms with Gasteiger partial charge in [0.2, 0.25) is 0 Å². The minimum Gasteiger partial charge on any atom is -0.496 e. The van der Waals surface area contributed by atoms with Gasteiger partial charge in [-0.2, -0.15) is 0 Å². The number of amides is 1. The van der Waals surface area contributed by atoms with Gasteiger partial charge in [-0.05, 0) is 44.4 Å². The largest absolute Gasteiger partial charge is 0.496 e. The summed E-state index contributed by atoms with van der Waals surface area (Å²) in [4.78, 5) is 12.3. The highest BCUT2D eigenvalue weighted by Gasteiger charge is 2.24. The van der Waals surface area contributed by atoms with Crippen LogP contribution in [-0.4, -0.2) is 24.4 Å². The van der Waals surface area contributed by atoms with Gasteiger partial charge in [0.05, 0.1) is 7.11 Å². The molecule has 0 saturated carbocycles. The van der Waals surface area contributed by atoms with E-state index in [9.17, 15) is 4.79 Å². The van der Waals surface area contributed by atoms with Crippen molar-refractivity contribution in [1.29, 1.82) is 0 Å². The molecule has 1 aromatic carbocycles. The topological polar surface area (TPSA) is 38.3 Å². The van der Waals surface area contributed by atoms with Crippen LogP contribution in [0, 0.1) is 6.92 Å². The van der Waals surface area contributed by atoms with E-state index in [0.717, 1.165) is 24.2 Å². The van der Waals surface area contributed by atoms with Crippen LogP contribution in [0.15, 0.2) is 18.2 Å². The average Bonchev–Trinajstić information content (AvgIpc) is 2.39. The first kappa shape index (κ1) is 15.8. The number of carbonyl (C=O) groups is 1. The van der Waals surface area contributed by atoms with Crippen LogP contribution >= 0.6 is 11.6 Å². The molecule has 19 heavy (non-hydrogen) atoms. The second-order valence-electron chi connectivity index (χ2n) is 4.99. The van der Waals surface area contributed by atoms with E-state index in [0.29, 0.717) is 11.4 Å². The Hall–Kier alpha value is -1.22. The van der Waals surface area contributed by atoms with E-state index in [2.05, 4.69) is 5.32 Å². The molecule has 1 aromatic rings. The number of ether oxygens (including phenoxy) is 1. The summed E-state index contributed by atoms with van der Waals surface area (Å²) in [5.74, 6) is 1.16. The van der Waals surface area contributed by atoms with Crippen LogP contribution in [0.5, 0.6) is 5.75 Å². The maximum Gasteiger partial charge on any atom is 0.251 e. The third-order valence-corrected chi connectivity index (χ3v) is 3.70. The predicted octanol–water partition coefficient (Wildman–Crippen LogP) is 3.53. The number of rotatable bonds is 6. The first-order valence-corrected chi connectivity index (χ1v) is 7.02. The van der Waals surface area contributed by atoms with Crippen LogP contribution in [0.4, 0.5) is 0 Å². The third kappa shape index (κ3) is 4.13. The Bertz CT molecular complexity index is 448. The number of alkyl halides is 1. The molecule has 4 heteroatoms. The predicted molar refractivity (Wildman–Crippen MR) is 79.2 cm³/mol. The quantitative estimate of drug-likeness (QED) is 0.811. The van der Waals surface area contributed by atoms with Gasteiger partial charge < -0.3 is 10.1 Å². The summed E-state index contributed by atoms with van der Waals surface area (Å²) in [6, 6.07) is 5.46. The molecule has 3 nitrogen and oxygen atoms in total. The molecule has 0 bridgehead atoms. The van der Waals surface area contributed by atoms with Gasteiger partial charge in [-0.25, -0.2) is 0 Å². The number of nitrogens with one attached hydrogen (secondary N) is 1. The van der Waals surface area contributed by atoms with E-state index in [4.69, 9.17) is 16.3 Å². The molecule has 0 aliphatic heterocycles. The summed E-state index contributed by atoms with van der Waals surface area (Å²) in [6.07, 6.45) is 1.59. The van der Waals surface area contributed by atoms with Crippen molar-refractivity contribution in [3.8, 4) is 5.75 Å². The maximum absolute atomic E-state index is 12.3. The third-order valence-electron chi connectivity index (χ3n) is 3.51. The molecule has 1 unspecified atom stereocenters. The summed E-state index contributed by atoms with van der Waals surface area (Å²) in [5, 5.41) is 3.05. The van der Waals surface area contributed by atoms with Crippen molar-refractivity contribution < 1.29 is 9.53 Å². The summed E-state index contributed by atoms with van der Waals surface area (Å²) in [6.45, 7) is 6.01. The zero-order valence-electron chi connectivity index (χ0n) is 12.0. The number of carbonyl (C=O) groups excluding carboxylic acids is 1. The minimum atomic E-state index is -0.267. The number of aryl methyl sites for hydroxylation is 1. The fourth-order valence-corrected chi connectivity index (χ4v) is 2.26. The molecule has 0 heterocycles. The van der Waals surface area contributed by atoms with Crippen molar-refractivity contribution in [2.45, 2.75) is 39.2 Å². The van der Waals surface area contributed by atoms with Crippen LogP contribution in [0.2, 0.25) is 0 Å². The van der Waals surface area contributed by atoms with Crippen LogP contribution in [0.3, 0.4) is 0 Å². The zero-order chi connectivity index (χ0) is 14.5. The monoisotopic (exact) mass is 283 g/mol. The molecular weight excluding hydrogens is 262 g/mol. The van der Waals surface area contributed by atoms with E-state index >= 15 is 0 Å². The van der Waals surface area contributed by atoms with Crippen molar-refractivity contribution in [2.75, 3.05) is 13.0 Å². The van der Waals surface area contributed by atoms with Gasteiger partial charge >= 0.3 is 0 Å². The lowest BCUT2D eigenvalue weighted by Crippen LogP contribution is -2.45. The van der Waals surface area contributed by atoms with Crippen LogP contribution < -0.4 is 10.1 Å². The van der Waals surface area contributed by atoms with Crippen LogP contribution in [0.25, 0.3) is 0 Å². The molecule has 0 aliphatic carbocycles. The molecule has 1 amide bonds. The molecule has 1 N–H and O–H groups in total. The van der Waals surface area contributed by atoms with E-state index in [1.165, 1.54) is 0 Å². The normalized spacial score (nSPS) is 13.7. The Morgan fingerprint density at radius 3 is 2.68 bits per heavy atom. The smallest absolute Gasteiger partial charge is 0.251 e. The second-order valence-corrected chi connectivity index (χ2v) is 5.37. The minimum absolute atomic E-state index is 0.0900. The molecule has 1 rings (SSSR count). The van der Waals surface area contributed by atoms with Crippen LogP contribution in [0.1, 0.15) is 42.6 Å². The Balaban J connectivity index is 2.88. The Morgan fingerprint density at radius 2 is 2.16 bits per heavy atom.